The van der Waals surface area contributed by atoms with Gasteiger partial charge >= 0.3 is 6.18 Å². The van der Waals surface area contributed by atoms with Crippen LogP contribution < -0.4 is 14.9 Å². The van der Waals surface area contributed by atoms with Crippen molar-refractivity contribution in [1.29, 1.82) is 0 Å². The van der Waals surface area contributed by atoms with E-state index < -0.39 is 17.6 Å². The highest BCUT2D eigenvalue weighted by molar-refractivity contribution is 7.09. The van der Waals surface area contributed by atoms with Gasteiger partial charge in [-0.2, -0.15) is 18.2 Å². The second-order valence-corrected chi connectivity index (χ2v) is 11.2. The number of benzene rings is 1. The van der Waals surface area contributed by atoms with Gasteiger partial charge in [0.25, 0.3) is 5.91 Å². The minimum atomic E-state index is -4.58. The molecule has 35 heavy (non-hydrogen) atoms. The molecule has 192 valence electrons. The summed E-state index contributed by atoms with van der Waals surface area (Å²) < 4.78 is 53.8. The smallest absolute Gasteiger partial charge is 0.416 e. The van der Waals surface area contributed by atoms with E-state index in [1.165, 1.54) is 17.4 Å². The number of nitrogens with one attached hydrogen (secondary N) is 1. The van der Waals surface area contributed by atoms with Crippen LogP contribution in [0.4, 0.5) is 13.2 Å². The van der Waals surface area contributed by atoms with Gasteiger partial charge in [-0.15, -0.1) is 11.3 Å². The van der Waals surface area contributed by atoms with Crippen LogP contribution >= 0.6 is 11.3 Å². The molecule has 1 amide bonds. The van der Waals surface area contributed by atoms with Crippen molar-refractivity contribution in [2.24, 2.45) is 4.99 Å². The second kappa shape index (κ2) is 10.4. The van der Waals surface area contributed by atoms with Gasteiger partial charge in [-0.25, -0.2) is 0 Å². The van der Waals surface area contributed by atoms with Crippen molar-refractivity contribution in [3.05, 3.63) is 45.2 Å². The number of thiazole rings is 1. The van der Waals surface area contributed by atoms with E-state index in [1.807, 2.05) is 10.8 Å². The van der Waals surface area contributed by atoms with Gasteiger partial charge in [0.1, 0.15) is 12.4 Å². The number of nitrogens with zero attached hydrogens (tertiary/aromatic N) is 2. The summed E-state index contributed by atoms with van der Waals surface area (Å²) in [6.07, 6.45) is 1.24. The molecule has 10 heteroatoms. The number of aromatic nitrogens is 1. The van der Waals surface area contributed by atoms with Crippen LogP contribution in [0.2, 0.25) is 0 Å². The van der Waals surface area contributed by atoms with Gasteiger partial charge in [-0.05, 0) is 55.8 Å². The maximum Gasteiger partial charge on any atom is 0.416 e. The molecule has 0 spiro atoms. The molecular weight excluding hydrogens is 479 g/mol. The van der Waals surface area contributed by atoms with Crippen LogP contribution in [0.25, 0.3) is 0 Å². The summed E-state index contributed by atoms with van der Waals surface area (Å²) in [6.45, 7) is 8.59. The van der Waals surface area contributed by atoms with E-state index in [0.717, 1.165) is 49.2 Å². The number of carbonyl (C=O) groups is 1. The Labute approximate surface area is 207 Å². The highest BCUT2D eigenvalue weighted by Gasteiger charge is 2.32. The lowest BCUT2D eigenvalue weighted by molar-refractivity contribution is -0.137. The van der Waals surface area contributed by atoms with Crippen molar-refractivity contribution < 1.29 is 27.4 Å². The zero-order chi connectivity index (χ0) is 25.2. The van der Waals surface area contributed by atoms with Crippen molar-refractivity contribution in [3.63, 3.8) is 0 Å². The Hall–Kier alpha value is -2.17. The third kappa shape index (κ3) is 6.54. The fraction of sp³-hybridized carbons (Fsp3) is 0.600. The molecule has 0 saturated carbocycles. The van der Waals surface area contributed by atoms with Crippen LogP contribution in [0, 0.1) is 0 Å². The largest absolute Gasteiger partial charge is 0.491 e. The van der Waals surface area contributed by atoms with Crippen LogP contribution in [0.5, 0.6) is 5.75 Å². The minimum absolute atomic E-state index is 0.0258. The lowest BCUT2D eigenvalue weighted by atomic mass is 9.95. The Bertz CT molecular complexity index is 1110. The molecule has 2 saturated heterocycles. The molecule has 4 rings (SSSR count). The molecule has 2 fully saturated rings. The number of halogens is 3. The molecule has 2 aliphatic rings. The maximum absolute atomic E-state index is 13.4. The average Bonchev–Trinajstić information content (AvgIpc) is 3.54. The van der Waals surface area contributed by atoms with Crippen LogP contribution in [-0.4, -0.2) is 42.4 Å². The first-order valence-corrected chi connectivity index (χ1v) is 12.8. The summed E-state index contributed by atoms with van der Waals surface area (Å²) in [5.41, 5.74) is -1.26. The molecule has 0 bridgehead atoms. The molecule has 6 nitrogen and oxygen atoms in total. The van der Waals surface area contributed by atoms with Crippen molar-refractivity contribution in [2.45, 2.75) is 76.7 Å². The van der Waals surface area contributed by atoms with Crippen molar-refractivity contribution in [2.75, 3.05) is 19.8 Å². The van der Waals surface area contributed by atoms with Gasteiger partial charge < -0.3 is 19.4 Å². The van der Waals surface area contributed by atoms with Crippen LogP contribution in [-0.2, 0) is 22.9 Å². The number of rotatable bonds is 6. The Kier molecular flexibility index (Phi) is 7.73. The molecule has 2 atom stereocenters. The fourth-order valence-electron chi connectivity index (χ4n) is 4.19. The predicted molar refractivity (Wildman–Crippen MR) is 128 cm³/mol. The van der Waals surface area contributed by atoms with Gasteiger partial charge in [-0.3, -0.25) is 4.79 Å². The fourth-order valence-corrected chi connectivity index (χ4v) is 5.24. The predicted octanol–water partition coefficient (Wildman–Crippen LogP) is 4.92. The number of hydrogen-bond acceptors (Lipinski definition) is 5. The summed E-state index contributed by atoms with van der Waals surface area (Å²) in [6, 6.07) is 3.11. The molecule has 2 aromatic rings. The normalized spacial score (nSPS) is 21.6. The lowest BCUT2D eigenvalue weighted by Gasteiger charge is -2.15. The molecular formula is C25H32F3N3O3S. The lowest BCUT2D eigenvalue weighted by Crippen LogP contribution is -2.28. The average molecular weight is 512 g/mol. The van der Waals surface area contributed by atoms with E-state index in [1.54, 1.807) is 0 Å². The molecule has 0 unspecified atom stereocenters. The van der Waals surface area contributed by atoms with Gasteiger partial charge in [-0.1, -0.05) is 20.8 Å². The summed E-state index contributed by atoms with van der Waals surface area (Å²) in [5.74, 6) is -0.646. The van der Waals surface area contributed by atoms with Crippen LogP contribution in [0.15, 0.2) is 29.4 Å². The zero-order valence-electron chi connectivity index (χ0n) is 20.3. The topological polar surface area (TPSA) is 64.9 Å². The molecule has 0 aliphatic carbocycles. The van der Waals surface area contributed by atoms with Crippen LogP contribution in [0.3, 0.4) is 0 Å². The Balaban J connectivity index is 1.69. The summed E-state index contributed by atoms with van der Waals surface area (Å²) in [7, 11) is 0. The molecule has 1 aromatic heterocycles. The highest BCUT2D eigenvalue weighted by atomic mass is 32.1. The van der Waals surface area contributed by atoms with E-state index in [2.05, 4.69) is 31.1 Å². The third-order valence-electron chi connectivity index (χ3n) is 6.22. The molecule has 1 N–H and O–H groups in total. The van der Waals surface area contributed by atoms with E-state index in [-0.39, 0.29) is 35.5 Å². The molecule has 1 aromatic carbocycles. The van der Waals surface area contributed by atoms with Gasteiger partial charge in [0.2, 0.25) is 0 Å². The minimum Gasteiger partial charge on any atom is -0.491 e. The van der Waals surface area contributed by atoms with E-state index in [9.17, 15) is 18.0 Å². The third-order valence-corrected chi connectivity index (χ3v) is 7.67. The number of carbonyl (C=O) groups excluding carboxylic acids is 1. The first-order chi connectivity index (χ1) is 16.5. The Morgan fingerprint density at radius 1 is 1.26 bits per heavy atom. The van der Waals surface area contributed by atoms with Crippen molar-refractivity contribution in [1.82, 2.24) is 9.88 Å². The van der Waals surface area contributed by atoms with Gasteiger partial charge in [0, 0.05) is 23.7 Å². The summed E-state index contributed by atoms with van der Waals surface area (Å²) >= 11 is 1.37. The molecule has 2 aliphatic heterocycles. The summed E-state index contributed by atoms with van der Waals surface area (Å²) in [5, 5.41) is 3.28. The number of alkyl halides is 3. The van der Waals surface area contributed by atoms with Crippen molar-refractivity contribution in [3.8, 4) is 5.75 Å². The van der Waals surface area contributed by atoms with E-state index in [0.29, 0.717) is 18.0 Å². The van der Waals surface area contributed by atoms with Gasteiger partial charge in [0.05, 0.1) is 23.8 Å². The van der Waals surface area contributed by atoms with E-state index in [4.69, 9.17) is 9.47 Å². The quantitative estimate of drug-likeness (QED) is 0.598. The zero-order valence-corrected chi connectivity index (χ0v) is 21.1. The first-order valence-electron chi connectivity index (χ1n) is 12.0. The number of amides is 1. The standard InChI is InChI=1S/C25H32F3N3O3S/c1-24(2,3)21-14-31(13-18-7-5-11-33-18)23(35-21)30-22(32)19-12-16(25(26,27)28)8-9-20(19)34-15-17-6-4-10-29-17/h8-9,12,14,17-18,29H,4-7,10-11,13,15H2,1-3H3/t17-,18+/m0/s1. The Morgan fingerprint density at radius 2 is 2.06 bits per heavy atom. The highest BCUT2D eigenvalue weighted by Crippen LogP contribution is 2.33. The van der Waals surface area contributed by atoms with E-state index >= 15 is 0 Å². The Morgan fingerprint density at radius 3 is 2.69 bits per heavy atom. The molecule has 0 radical (unpaired) electrons. The molecule has 3 heterocycles. The maximum atomic E-state index is 13.4. The first kappa shape index (κ1) is 25.9. The van der Waals surface area contributed by atoms with Crippen LogP contribution in [0.1, 0.15) is 67.3 Å². The SMILES string of the molecule is CC(C)(C)c1cn(C[C@H]2CCCO2)c(=NC(=O)c2cc(C(F)(F)F)ccc2OC[C@@H]2CCCN2)s1. The van der Waals surface area contributed by atoms with Crippen molar-refractivity contribution >= 4 is 17.2 Å². The van der Waals surface area contributed by atoms with Gasteiger partial charge in [0.15, 0.2) is 4.80 Å². The monoisotopic (exact) mass is 511 g/mol. The number of hydrogen-bond donors (Lipinski definition) is 1. The second-order valence-electron chi connectivity index (χ2n) is 10.1. The number of ether oxygens (including phenoxy) is 2. The summed E-state index contributed by atoms with van der Waals surface area (Å²) in [4.78, 5) is 19.0.